The first-order valence-corrected chi connectivity index (χ1v) is 6.33. The molecule has 1 aromatic heterocycles. The monoisotopic (exact) mass is 325 g/mol. The second-order valence-corrected chi connectivity index (χ2v) is 4.88. The fraction of sp³-hybridized carbons (Fsp3) is 0.273. The Labute approximate surface area is 117 Å². The molecular formula is C11H12BrN5O2. The van der Waals surface area contributed by atoms with Gasteiger partial charge in [-0.1, -0.05) is 15.9 Å². The number of hydrogen-bond acceptors (Lipinski definition) is 5. The summed E-state index contributed by atoms with van der Waals surface area (Å²) in [6.45, 7) is 0.857. The Morgan fingerprint density at radius 2 is 2.26 bits per heavy atom. The number of halogens is 1. The van der Waals surface area contributed by atoms with E-state index in [-0.39, 0.29) is 10.6 Å². The molecule has 0 saturated heterocycles. The van der Waals surface area contributed by atoms with Gasteiger partial charge in [-0.25, -0.2) is 4.98 Å². The van der Waals surface area contributed by atoms with E-state index >= 15 is 0 Å². The summed E-state index contributed by atoms with van der Waals surface area (Å²) in [5, 5.41) is 18.1. The van der Waals surface area contributed by atoms with E-state index in [4.69, 9.17) is 0 Å². The van der Waals surface area contributed by atoms with Crippen LogP contribution < -0.4 is 5.32 Å². The molecule has 100 valence electrons. The van der Waals surface area contributed by atoms with Gasteiger partial charge in [-0.05, 0) is 12.1 Å². The third-order valence-corrected chi connectivity index (χ3v) is 2.98. The number of nitro groups is 1. The van der Waals surface area contributed by atoms with E-state index in [9.17, 15) is 10.1 Å². The highest BCUT2D eigenvalue weighted by molar-refractivity contribution is 9.10. The Hall–Kier alpha value is -1.80. The van der Waals surface area contributed by atoms with Gasteiger partial charge in [0.2, 0.25) is 0 Å². The summed E-state index contributed by atoms with van der Waals surface area (Å²) in [6.07, 6.45) is 1.61. The standard InChI is InChI=1S/C11H12BrN5O2/c1-16-7-14-11(15-16)6-13-5-8-2-3-9(12)4-10(8)17(18)19/h2-4,7,13H,5-6H2,1H3. The van der Waals surface area contributed by atoms with Crippen molar-refractivity contribution in [3.63, 3.8) is 0 Å². The average Bonchev–Trinajstić information content (AvgIpc) is 2.77. The van der Waals surface area contributed by atoms with Crippen molar-refractivity contribution >= 4 is 21.6 Å². The van der Waals surface area contributed by atoms with Crippen molar-refractivity contribution in [3.05, 3.63) is 50.5 Å². The van der Waals surface area contributed by atoms with Crippen LogP contribution in [0.2, 0.25) is 0 Å². The second kappa shape index (κ2) is 5.89. The third kappa shape index (κ3) is 3.58. The molecule has 0 spiro atoms. The molecule has 0 bridgehead atoms. The van der Waals surface area contributed by atoms with Gasteiger partial charge in [0.1, 0.15) is 6.33 Å². The van der Waals surface area contributed by atoms with Gasteiger partial charge in [0.05, 0.1) is 11.5 Å². The van der Waals surface area contributed by atoms with Crippen LogP contribution in [-0.4, -0.2) is 19.7 Å². The second-order valence-electron chi connectivity index (χ2n) is 3.97. The van der Waals surface area contributed by atoms with Crippen LogP contribution >= 0.6 is 15.9 Å². The molecule has 2 rings (SSSR count). The number of nitrogens with one attached hydrogen (secondary N) is 1. The molecule has 19 heavy (non-hydrogen) atoms. The van der Waals surface area contributed by atoms with Crippen molar-refractivity contribution in [1.29, 1.82) is 0 Å². The Bertz CT molecular complexity index is 599. The zero-order valence-electron chi connectivity index (χ0n) is 10.2. The molecule has 0 unspecified atom stereocenters. The van der Waals surface area contributed by atoms with Crippen molar-refractivity contribution in [2.24, 2.45) is 7.05 Å². The van der Waals surface area contributed by atoms with E-state index in [2.05, 4.69) is 31.3 Å². The van der Waals surface area contributed by atoms with Gasteiger partial charge in [0.15, 0.2) is 5.82 Å². The zero-order chi connectivity index (χ0) is 13.8. The third-order valence-electron chi connectivity index (χ3n) is 2.49. The minimum atomic E-state index is -0.388. The molecule has 8 heteroatoms. The van der Waals surface area contributed by atoms with Gasteiger partial charge in [-0.3, -0.25) is 14.8 Å². The maximum atomic E-state index is 10.9. The van der Waals surface area contributed by atoms with Gasteiger partial charge >= 0.3 is 0 Å². The summed E-state index contributed by atoms with van der Waals surface area (Å²) in [6, 6.07) is 5.00. The molecule has 0 fully saturated rings. The van der Waals surface area contributed by atoms with Gasteiger partial charge in [0.25, 0.3) is 5.69 Å². The summed E-state index contributed by atoms with van der Waals surface area (Å²) < 4.78 is 2.30. The summed E-state index contributed by atoms with van der Waals surface area (Å²) >= 11 is 3.22. The van der Waals surface area contributed by atoms with Crippen LogP contribution in [0.25, 0.3) is 0 Å². The Balaban J connectivity index is 2.01. The molecule has 0 aliphatic rings. The quantitative estimate of drug-likeness (QED) is 0.668. The van der Waals surface area contributed by atoms with E-state index in [1.165, 1.54) is 6.07 Å². The molecule has 0 saturated carbocycles. The van der Waals surface area contributed by atoms with Crippen LogP contribution in [0.1, 0.15) is 11.4 Å². The lowest BCUT2D eigenvalue weighted by molar-refractivity contribution is -0.385. The topological polar surface area (TPSA) is 85.9 Å². The van der Waals surface area contributed by atoms with Crippen LogP contribution in [0.4, 0.5) is 5.69 Å². The van der Waals surface area contributed by atoms with Gasteiger partial charge in [-0.15, -0.1) is 0 Å². The Morgan fingerprint density at radius 1 is 1.47 bits per heavy atom. The van der Waals surface area contributed by atoms with Gasteiger partial charge in [0, 0.05) is 29.7 Å². The lowest BCUT2D eigenvalue weighted by Crippen LogP contribution is -2.15. The highest BCUT2D eigenvalue weighted by atomic mass is 79.9. The largest absolute Gasteiger partial charge is 0.305 e. The number of rotatable bonds is 5. The molecular weight excluding hydrogens is 314 g/mol. The predicted molar refractivity (Wildman–Crippen MR) is 72.3 cm³/mol. The summed E-state index contributed by atoms with van der Waals surface area (Å²) in [5.74, 6) is 0.655. The minimum Gasteiger partial charge on any atom is -0.305 e. The number of aromatic nitrogens is 3. The Morgan fingerprint density at radius 3 is 2.89 bits per heavy atom. The smallest absolute Gasteiger partial charge is 0.275 e. The van der Waals surface area contributed by atoms with E-state index < -0.39 is 0 Å². The fourth-order valence-corrected chi connectivity index (χ4v) is 1.98. The van der Waals surface area contributed by atoms with Gasteiger partial charge < -0.3 is 5.32 Å². The van der Waals surface area contributed by atoms with Crippen molar-refractivity contribution in [2.45, 2.75) is 13.1 Å². The number of aryl methyl sites for hydroxylation is 1. The number of hydrogen-bond donors (Lipinski definition) is 1. The SMILES string of the molecule is Cn1cnc(CNCc2ccc(Br)cc2[N+](=O)[O-])n1. The fourth-order valence-electron chi connectivity index (χ4n) is 1.63. The Kier molecular flexibility index (Phi) is 4.23. The van der Waals surface area contributed by atoms with E-state index in [0.717, 1.165) is 0 Å². The molecule has 0 aliphatic heterocycles. The minimum absolute atomic E-state index is 0.0934. The molecule has 1 aromatic carbocycles. The van der Waals surface area contributed by atoms with Crippen LogP contribution in [-0.2, 0) is 20.1 Å². The van der Waals surface area contributed by atoms with Crippen molar-refractivity contribution < 1.29 is 4.92 Å². The highest BCUT2D eigenvalue weighted by Crippen LogP contribution is 2.23. The molecule has 0 atom stereocenters. The maximum Gasteiger partial charge on any atom is 0.275 e. The number of nitro benzene ring substituents is 1. The molecule has 2 aromatic rings. The van der Waals surface area contributed by atoms with Crippen molar-refractivity contribution in [3.8, 4) is 0 Å². The van der Waals surface area contributed by atoms with Crippen LogP contribution in [0.3, 0.4) is 0 Å². The van der Waals surface area contributed by atoms with E-state index in [1.807, 2.05) is 0 Å². The van der Waals surface area contributed by atoms with Gasteiger partial charge in [-0.2, -0.15) is 5.10 Å². The van der Waals surface area contributed by atoms with E-state index in [1.54, 1.807) is 30.2 Å². The normalized spacial score (nSPS) is 10.6. The number of benzene rings is 1. The van der Waals surface area contributed by atoms with Crippen molar-refractivity contribution in [1.82, 2.24) is 20.1 Å². The number of nitrogens with zero attached hydrogens (tertiary/aromatic N) is 4. The molecule has 7 nitrogen and oxygen atoms in total. The summed E-state index contributed by atoms with van der Waals surface area (Å²) in [7, 11) is 1.79. The van der Waals surface area contributed by atoms with Crippen molar-refractivity contribution in [2.75, 3.05) is 0 Å². The summed E-state index contributed by atoms with van der Waals surface area (Å²) in [5.41, 5.74) is 0.722. The lowest BCUT2D eigenvalue weighted by atomic mass is 10.2. The molecule has 1 heterocycles. The zero-order valence-corrected chi connectivity index (χ0v) is 11.8. The molecule has 0 radical (unpaired) electrons. The molecule has 1 N–H and O–H groups in total. The van der Waals surface area contributed by atoms with Crippen LogP contribution in [0, 0.1) is 10.1 Å². The first-order chi connectivity index (χ1) is 9.06. The maximum absolute atomic E-state index is 10.9. The first-order valence-electron chi connectivity index (χ1n) is 5.54. The van der Waals surface area contributed by atoms with Crippen LogP contribution in [0.15, 0.2) is 29.0 Å². The lowest BCUT2D eigenvalue weighted by Gasteiger charge is -2.04. The molecule has 0 aliphatic carbocycles. The molecule has 0 amide bonds. The first kappa shape index (κ1) is 13.6. The van der Waals surface area contributed by atoms with Crippen LogP contribution in [0.5, 0.6) is 0 Å². The van der Waals surface area contributed by atoms with E-state index in [0.29, 0.717) is 29.0 Å². The predicted octanol–water partition coefficient (Wildman–Crippen LogP) is 1.78. The average molecular weight is 326 g/mol. The highest BCUT2D eigenvalue weighted by Gasteiger charge is 2.13. The summed E-state index contributed by atoms with van der Waals surface area (Å²) in [4.78, 5) is 14.6.